The standard InChI is InChI=1S/C22H22N2O5/c1-4-28-19-11-9-16(13-20(19)27-3)10-12-21(25)29-15(2)22(26)24-18-8-6-5-7-17(18)14-23/h5-13,15H,4H2,1-3H3,(H,24,26)/b12-10+/t15-/m0/s1. The molecule has 0 aliphatic carbocycles. The van der Waals surface area contributed by atoms with Crippen LogP contribution in [0.15, 0.2) is 48.5 Å². The highest BCUT2D eigenvalue weighted by atomic mass is 16.5. The molecule has 7 heteroatoms. The van der Waals surface area contributed by atoms with Crippen LogP contribution in [0.1, 0.15) is 25.0 Å². The number of nitriles is 1. The van der Waals surface area contributed by atoms with Crippen molar-refractivity contribution in [1.82, 2.24) is 0 Å². The first-order chi connectivity index (χ1) is 14.0. The van der Waals surface area contributed by atoms with Gasteiger partial charge in [0.25, 0.3) is 5.91 Å². The van der Waals surface area contributed by atoms with Crippen molar-refractivity contribution in [2.75, 3.05) is 19.0 Å². The Morgan fingerprint density at radius 2 is 1.97 bits per heavy atom. The van der Waals surface area contributed by atoms with E-state index in [1.165, 1.54) is 20.1 Å². The second-order valence-corrected chi connectivity index (χ2v) is 5.90. The van der Waals surface area contributed by atoms with Crippen LogP contribution in [-0.2, 0) is 14.3 Å². The van der Waals surface area contributed by atoms with Crippen molar-refractivity contribution in [2.45, 2.75) is 20.0 Å². The van der Waals surface area contributed by atoms with Gasteiger partial charge in [-0.2, -0.15) is 5.26 Å². The molecule has 0 aliphatic rings. The minimum Gasteiger partial charge on any atom is -0.493 e. The van der Waals surface area contributed by atoms with Crippen LogP contribution in [0.25, 0.3) is 6.08 Å². The van der Waals surface area contributed by atoms with Crippen LogP contribution in [0.4, 0.5) is 5.69 Å². The van der Waals surface area contributed by atoms with Gasteiger partial charge in [-0.1, -0.05) is 18.2 Å². The maximum absolute atomic E-state index is 12.2. The van der Waals surface area contributed by atoms with Crippen molar-refractivity contribution in [3.05, 3.63) is 59.7 Å². The van der Waals surface area contributed by atoms with E-state index in [-0.39, 0.29) is 0 Å². The molecule has 0 aromatic heterocycles. The summed E-state index contributed by atoms with van der Waals surface area (Å²) >= 11 is 0. The third-order valence-electron chi connectivity index (χ3n) is 3.87. The summed E-state index contributed by atoms with van der Waals surface area (Å²) in [7, 11) is 1.53. The number of carbonyl (C=O) groups is 2. The molecule has 1 amide bonds. The van der Waals surface area contributed by atoms with Gasteiger partial charge in [-0.25, -0.2) is 4.79 Å². The molecular weight excluding hydrogens is 372 g/mol. The van der Waals surface area contributed by atoms with E-state index in [2.05, 4.69) is 5.32 Å². The number of para-hydroxylation sites is 1. The van der Waals surface area contributed by atoms with Crippen LogP contribution in [-0.4, -0.2) is 31.7 Å². The topological polar surface area (TPSA) is 97.6 Å². The fourth-order valence-electron chi connectivity index (χ4n) is 2.42. The zero-order chi connectivity index (χ0) is 21.2. The Kier molecular flexibility index (Phi) is 7.80. The summed E-state index contributed by atoms with van der Waals surface area (Å²) in [6.07, 6.45) is 1.74. The van der Waals surface area contributed by atoms with E-state index >= 15 is 0 Å². The van der Waals surface area contributed by atoms with E-state index in [1.807, 2.05) is 13.0 Å². The highest BCUT2D eigenvalue weighted by Crippen LogP contribution is 2.28. The lowest BCUT2D eigenvalue weighted by Crippen LogP contribution is -2.29. The SMILES string of the molecule is CCOc1ccc(/C=C/C(=O)O[C@@H](C)C(=O)Nc2ccccc2C#N)cc1OC. The number of carbonyl (C=O) groups excluding carboxylic acids is 2. The Morgan fingerprint density at radius 3 is 2.66 bits per heavy atom. The number of anilines is 1. The number of nitrogens with one attached hydrogen (secondary N) is 1. The maximum Gasteiger partial charge on any atom is 0.331 e. The average Bonchev–Trinajstić information content (AvgIpc) is 2.73. The highest BCUT2D eigenvalue weighted by Gasteiger charge is 2.17. The molecule has 0 bridgehead atoms. The van der Waals surface area contributed by atoms with E-state index < -0.39 is 18.0 Å². The lowest BCUT2D eigenvalue weighted by Gasteiger charge is -2.13. The van der Waals surface area contributed by atoms with Gasteiger partial charge in [-0.05, 0) is 49.8 Å². The molecule has 2 aromatic rings. The van der Waals surface area contributed by atoms with Crippen molar-refractivity contribution < 1.29 is 23.8 Å². The van der Waals surface area contributed by atoms with E-state index in [0.717, 1.165) is 0 Å². The first-order valence-corrected chi connectivity index (χ1v) is 8.98. The normalized spacial score (nSPS) is 11.4. The molecule has 0 saturated heterocycles. The largest absolute Gasteiger partial charge is 0.493 e. The van der Waals surface area contributed by atoms with Gasteiger partial charge in [0.1, 0.15) is 6.07 Å². The molecule has 0 saturated carbocycles. The molecule has 0 spiro atoms. The third-order valence-corrected chi connectivity index (χ3v) is 3.87. The van der Waals surface area contributed by atoms with Gasteiger partial charge in [0, 0.05) is 6.08 Å². The number of amides is 1. The quantitative estimate of drug-likeness (QED) is 0.543. The summed E-state index contributed by atoms with van der Waals surface area (Å²) < 4.78 is 15.8. The number of esters is 1. The molecule has 0 fully saturated rings. The van der Waals surface area contributed by atoms with Crippen LogP contribution in [0.5, 0.6) is 11.5 Å². The van der Waals surface area contributed by atoms with Crippen molar-refractivity contribution in [2.24, 2.45) is 0 Å². The van der Waals surface area contributed by atoms with Crippen LogP contribution in [0.3, 0.4) is 0 Å². The minimum absolute atomic E-state index is 0.323. The lowest BCUT2D eigenvalue weighted by molar-refractivity contribution is -0.148. The Hall–Kier alpha value is -3.79. The number of benzene rings is 2. The summed E-state index contributed by atoms with van der Waals surface area (Å²) in [4.78, 5) is 24.3. The number of nitrogens with zero attached hydrogens (tertiary/aromatic N) is 1. The lowest BCUT2D eigenvalue weighted by atomic mass is 10.2. The monoisotopic (exact) mass is 394 g/mol. The number of hydrogen-bond acceptors (Lipinski definition) is 6. The predicted molar refractivity (Wildman–Crippen MR) is 109 cm³/mol. The molecule has 0 aliphatic heterocycles. The van der Waals surface area contributed by atoms with Crippen molar-refractivity contribution >= 4 is 23.6 Å². The first kappa shape index (κ1) is 21.5. The number of hydrogen-bond donors (Lipinski definition) is 1. The van der Waals surface area contributed by atoms with Crippen molar-refractivity contribution in [3.63, 3.8) is 0 Å². The van der Waals surface area contributed by atoms with Gasteiger partial charge in [0.05, 0.1) is 25.0 Å². The summed E-state index contributed by atoms with van der Waals surface area (Å²) in [5.74, 6) is -0.0461. The van der Waals surface area contributed by atoms with Crippen molar-refractivity contribution in [3.8, 4) is 17.6 Å². The predicted octanol–water partition coefficient (Wildman–Crippen LogP) is 3.55. The molecule has 1 atom stereocenters. The van der Waals surface area contributed by atoms with Crippen LogP contribution < -0.4 is 14.8 Å². The molecule has 2 rings (SSSR count). The average molecular weight is 394 g/mol. The van der Waals surface area contributed by atoms with E-state index in [0.29, 0.717) is 34.9 Å². The molecule has 1 N–H and O–H groups in total. The number of methoxy groups -OCH3 is 1. The molecule has 0 heterocycles. The van der Waals surface area contributed by atoms with Crippen molar-refractivity contribution in [1.29, 1.82) is 5.26 Å². The molecule has 29 heavy (non-hydrogen) atoms. The van der Waals surface area contributed by atoms with Crippen LogP contribution in [0, 0.1) is 11.3 Å². The fourth-order valence-corrected chi connectivity index (χ4v) is 2.42. The molecule has 7 nitrogen and oxygen atoms in total. The fraction of sp³-hybridized carbons (Fsp3) is 0.227. The van der Waals surface area contributed by atoms with Gasteiger partial charge in [-0.15, -0.1) is 0 Å². The van der Waals surface area contributed by atoms with Gasteiger partial charge < -0.3 is 19.5 Å². The Bertz CT molecular complexity index is 946. The molecule has 0 radical (unpaired) electrons. The van der Waals surface area contributed by atoms with E-state index in [9.17, 15) is 9.59 Å². The summed E-state index contributed by atoms with van der Waals surface area (Å²) in [6.45, 7) is 3.84. The van der Waals surface area contributed by atoms with Gasteiger partial charge in [0.2, 0.25) is 0 Å². The van der Waals surface area contributed by atoms with Gasteiger partial charge in [-0.3, -0.25) is 4.79 Å². The molecule has 2 aromatic carbocycles. The van der Waals surface area contributed by atoms with Crippen LogP contribution in [0.2, 0.25) is 0 Å². The number of ether oxygens (including phenoxy) is 3. The highest BCUT2D eigenvalue weighted by molar-refractivity contribution is 5.97. The van der Waals surface area contributed by atoms with E-state index in [4.69, 9.17) is 19.5 Å². The smallest absolute Gasteiger partial charge is 0.331 e. The van der Waals surface area contributed by atoms with Gasteiger partial charge in [0.15, 0.2) is 17.6 Å². The molecule has 150 valence electrons. The molecular formula is C22H22N2O5. The zero-order valence-electron chi connectivity index (χ0n) is 16.5. The summed E-state index contributed by atoms with van der Waals surface area (Å²) in [5, 5.41) is 11.6. The zero-order valence-corrected chi connectivity index (χ0v) is 16.5. The second kappa shape index (κ2) is 10.5. The first-order valence-electron chi connectivity index (χ1n) is 8.98. The maximum atomic E-state index is 12.2. The Morgan fingerprint density at radius 1 is 1.21 bits per heavy atom. The Balaban J connectivity index is 1.97. The minimum atomic E-state index is -1.03. The number of rotatable bonds is 8. The third kappa shape index (κ3) is 6.11. The van der Waals surface area contributed by atoms with E-state index in [1.54, 1.807) is 48.5 Å². The van der Waals surface area contributed by atoms with Crippen LogP contribution >= 0.6 is 0 Å². The Labute approximate surface area is 169 Å². The molecule has 0 unspecified atom stereocenters. The second-order valence-electron chi connectivity index (χ2n) is 5.90. The summed E-state index contributed by atoms with van der Waals surface area (Å²) in [6, 6.07) is 13.8. The van der Waals surface area contributed by atoms with Gasteiger partial charge >= 0.3 is 5.97 Å². The summed E-state index contributed by atoms with van der Waals surface area (Å²) in [5.41, 5.74) is 1.39.